The summed E-state index contributed by atoms with van der Waals surface area (Å²) in [5.41, 5.74) is 0. The second kappa shape index (κ2) is 2.83. The van der Waals surface area contributed by atoms with Crippen molar-refractivity contribution in [3.05, 3.63) is 0 Å². The highest BCUT2D eigenvalue weighted by atomic mass is 32.2. The summed E-state index contributed by atoms with van der Waals surface area (Å²) in [6.07, 6.45) is -0.471. The molecule has 1 aliphatic heterocycles. The standard InChI is InChI=1S/C6H12O2S2/c1-5(7)6(2)9-3-4-10(6)8/h5,7H,3-4H2,1-2H3/t5-,6-,10?/m1/s1. The van der Waals surface area contributed by atoms with E-state index in [1.54, 1.807) is 18.7 Å². The molecule has 1 rings (SSSR count). The van der Waals surface area contributed by atoms with Crippen LogP contribution in [0.25, 0.3) is 0 Å². The first-order valence-electron chi connectivity index (χ1n) is 3.28. The third-order valence-corrected chi connectivity index (χ3v) is 6.18. The minimum atomic E-state index is -0.843. The monoisotopic (exact) mass is 180 g/mol. The fourth-order valence-electron chi connectivity index (χ4n) is 0.899. The molecule has 1 heterocycles. The first-order valence-corrected chi connectivity index (χ1v) is 5.58. The summed E-state index contributed by atoms with van der Waals surface area (Å²) in [7, 11) is -0.843. The molecule has 0 bridgehead atoms. The highest BCUT2D eigenvalue weighted by Gasteiger charge is 2.41. The lowest BCUT2D eigenvalue weighted by Crippen LogP contribution is -2.35. The van der Waals surface area contributed by atoms with E-state index >= 15 is 0 Å². The van der Waals surface area contributed by atoms with E-state index < -0.39 is 21.0 Å². The predicted octanol–water partition coefficient (Wildman–Crippen LogP) is 0.579. The van der Waals surface area contributed by atoms with Gasteiger partial charge in [-0.3, -0.25) is 4.21 Å². The Hall–Kier alpha value is 0.460. The highest BCUT2D eigenvalue weighted by Crippen LogP contribution is 2.37. The largest absolute Gasteiger partial charge is 0.391 e. The number of aliphatic hydroxyl groups is 1. The van der Waals surface area contributed by atoms with E-state index in [2.05, 4.69) is 0 Å². The number of hydrogen-bond acceptors (Lipinski definition) is 3. The molecule has 0 spiro atoms. The van der Waals surface area contributed by atoms with Crippen molar-refractivity contribution in [1.29, 1.82) is 0 Å². The molecule has 1 saturated heterocycles. The quantitative estimate of drug-likeness (QED) is 0.641. The average molecular weight is 180 g/mol. The molecule has 0 radical (unpaired) electrons. The normalized spacial score (nSPS) is 43.7. The van der Waals surface area contributed by atoms with Gasteiger partial charge in [-0.15, -0.1) is 11.8 Å². The molecular formula is C6H12O2S2. The maximum absolute atomic E-state index is 11.3. The minimum absolute atomic E-state index is 0.403. The number of rotatable bonds is 1. The Labute approximate surface area is 67.8 Å². The van der Waals surface area contributed by atoms with Crippen LogP contribution in [0.5, 0.6) is 0 Å². The maximum Gasteiger partial charge on any atom is 0.114 e. The van der Waals surface area contributed by atoms with Crippen molar-refractivity contribution in [2.75, 3.05) is 11.5 Å². The summed E-state index contributed by atoms with van der Waals surface area (Å²) >= 11 is 1.61. The van der Waals surface area contributed by atoms with Crippen LogP contribution in [0.3, 0.4) is 0 Å². The molecule has 1 N–H and O–H groups in total. The molecular weight excluding hydrogens is 168 g/mol. The molecule has 1 unspecified atom stereocenters. The predicted molar refractivity (Wildman–Crippen MR) is 45.6 cm³/mol. The van der Waals surface area contributed by atoms with Crippen LogP contribution < -0.4 is 0 Å². The van der Waals surface area contributed by atoms with E-state index in [1.165, 1.54) is 0 Å². The Morgan fingerprint density at radius 3 is 2.60 bits per heavy atom. The zero-order valence-electron chi connectivity index (χ0n) is 6.16. The van der Waals surface area contributed by atoms with Crippen molar-refractivity contribution in [3.63, 3.8) is 0 Å². The van der Waals surface area contributed by atoms with Gasteiger partial charge >= 0.3 is 0 Å². The first kappa shape index (κ1) is 8.56. The Bertz CT molecular complexity index is 158. The summed E-state index contributed by atoms with van der Waals surface area (Å²) in [4.78, 5) is 0. The summed E-state index contributed by atoms with van der Waals surface area (Å²) in [6.45, 7) is 3.57. The van der Waals surface area contributed by atoms with E-state index in [-0.39, 0.29) is 0 Å². The van der Waals surface area contributed by atoms with Gasteiger partial charge in [-0.25, -0.2) is 0 Å². The van der Waals surface area contributed by atoms with Crippen LogP contribution in [-0.2, 0) is 10.8 Å². The first-order chi connectivity index (χ1) is 4.57. The van der Waals surface area contributed by atoms with Gasteiger partial charge in [0.05, 0.1) is 6.10 Å². The number of aliphatic hydroxyl groups excluding tert-OH is 1. The fourth-order valence-corrected chi connectivity index (χ4v) is 4.30. The summed E-state index contributed by atoms with van der Waals surface area (Å²) in [5.74, 6) is 1.64. The average Bonchev–Trinajstić information content (AvgIpc) is 2.15. The molecule has 1 aliphatic rings. The third kappa shape index (κ3) is 1.24. The summed E-state index contributed by atoms with van der Waals surface area (Å²) in [6, 6.07) is 0. The molecule has 0 aromatic carbocycles. The van der Waals surface area contributed by atoms with E-state index in [0.717, 1.165) is 11.5 Å². The SMILES string of the molecule is C[C@@H](O)[C@]1(C)SCCS1=O. The molecule has 0 amide bonds. The summed E-state index contributed by atoms with van der Waals surface area (Å²) < 4.78 is 10.9. The van der Waals surface area contributed by atoms with Crippen molar-refractivity contribution >= 4 is 22.6 Å². The Morgan fingerprint density at radius 2 is 2.40 bits per heavy atom. The minimum Gasteiger partial charge on any atom is -0.391 e. The van der Waals surface area contributed by atoms with Gasteiger partial charge in [0.15, 0.2) is 0 Å². The van der Waals surface area contributed by atoms with Crippen LogP contribution in [0.1, 0.15) is 13.8 Å². The lowest BCUT2D eigenvalue weighted by atomic mass is 10.3. The molecule has 4 heteroatoms. The molecule has 1 fully saturated rings. The van der Waals surface area contributed by atoms with Crippen LogP contribution in [0.2, 0.25) is 0 Å². The van der Waals surface area contributed by atoms with Gasteiger partial charge in [0.2, 0.25) is 0 Å². The lowest BCUT2D eigenvalue weighted by molar-refractivity contribution is 0.185. The zero-order valence-corrected chi connectivity index (χ0v) is 7.80. The van der Waals surface area contributed by atoms with Gasteiger partial charge in [-0.2, -0.15) is 0 Å². The smallest absolute Gasteiger partial charge is 0.114 e. The van der Waals surface area contributed by atoms with Gasteiger partial charge in [0, 0.05) is 22.3 Å². The van der Waals surface area contributed by atoms with E-state index in [4.69, 9.17) is 0 Å². The molecule has 0 saturated carbocycles. The maximum atomic E-state index is 11.3. The molecule has 0 aromatic heterocycles. The van der Waals surface area contributed by atoms with Crippen molar-refractivity contribution < 1.29 is 9.32 Å². The molecule has 10 heavy (non-hydrogen) atoms. The Kier molecular flexibility index (Phi) is 2.42. The van der Waals surface area contributed by atoms with Gasteiger partial charge in [0.25, 0.3) is 0 Å². The topological polar surface area (TPSA) is 37.3 Å². The molecule has 60 valence electrons. The third-order valence-electron chi connectivity index (χ3n) is 1.87. The van der Waals surface area contributed by atoms with Crippen molar-refractivity contribution in [1.82, 2.24) is 0 Å². The zero-order chi connectivity index (χ0) is 7.78. The van der Waals surface area contributed by atoms with Gasteiger partial charge < -0.3 is 5.11 Å². The van der Waals surface area contributed by atoms with E-state index in [0.29, 0.717) is 0 Å². The van der Waals surface area contributed by atoms with Gasteiger partial charge in [-0.05, 0) is 13.8 Å². The summed E-state index contributed by atoms with van der Waals surface area (Å²) in [5, 5.41) is 9.27. The molecule has 0 aliphatic carbocycles. The highest BCUT2D eigenvalue weighted by molar-refractivity contribution is 8.15. The van der Waals surface area contributed by atoms with Crippen LogP contribution in [0, 0.1) is 0 Å². The van der Waals surface area contributed by atoms with Crippen LogP contribution in [-0.4, -0.2) is 31.0 Å². The van der Waals surface area contributed by atoms with Crippen molar-refractivity contribution in [2.24, 2.45) is 0 Å². The van der Waals surface area contributed by atoms with Gasteiger partial charge in [-0.1, -0.05) is 0 Å². The lowest BCUT2D eigenvalue weighted by Gasteiger charge is -2.24. The van der Waals surface area contributed by atoms with E-state index in [1.807, 2.05) is 6.92 Å². The van der Waals surface area contributed by atoms with Crippen LogP contribution in [0.15, 0.2) is 0 Å². The van der Waals surface area contributed by atoms with Crippen molar-refractivity contribution in [2.45, 2.75) is 24.0 Å². The Balaban J connectivity index is 2.75. The van der Waals surface area contributed by atoms with Crippen LogP contribution in [0.4, 0.5) is 0 Å². The molecule has 2 nitrogen and oxygen atoms in total. The number of thioether (sulfide) groups is 1. The second-order valence-corrected chi connectivity index (χ2v) is 6.34. The molecule has 0 aromatic rings. The fraction of sp³-hybridized carbons (Fsp3) is 1.00. The number of hydrogen-bond donors (Lipinski definition) is 1. The van der Waals surface area contributed by atoms with Crippen LogP contribution >= 0.6 is 11.8 Å². The van der Waals surface area contributed by atoms with Gasteiger partial charge in [0.1, 0.15) is 4.08 Å². The Morgan fingerprint density at radius 1 is 1.80 bits per heavy atom. The molecule has 3 atom stereocenters. The second-order valence-electron chi connectivity index (χ2n) is 2.59. The van der Waals surface area contributed by atoms with E-state index in [9.17, 15) is 9.32 Å². The van der Waals surface area contributed by atoms with Crippen molar-refractivity contribution in [3.8, 4) is 0 Å².